The van der Waals surface area contributed by atoms with E-state index in [0.29, 0.717) is 35.9 Å². The van der Waals surface area contributed by atoms with Crippen LogP contribution in [0.1, 0.15) is 56.1 Å². The number of hydrogen-bond donors (Lipinski definition) is 1. The van der Waals surface area contributed by atoms with Crippen LogP contribution in [0.25, 0.3) is 0 Å². The Morgan fingerprint density at radius 3 is 2.31 bits per heavy atom. The van der Waals surface area contributed by atoms with Crippen molar-refractivity contribution in [3.8, 4) is 0 Å². The molecule has 206 valence electrons. The van der Waals surface area contributed by atoms with Crippen molar-refractivity contribution in [1.82, 2.24) is 10.2 Å². The fourth-order valence-corrected chi connectivity index (χ4v) is 6.17. The lowest BCUT2D eigenvalue weighted by molar-refractivity contribution is -0.141. The number of carbonyl (C=O) groups excluding carboxylic acids is 2. The lowest BCUT2D eigenvalue weighted by Crippen LogP contribution is -2.52. The summed E-state index contributed by atoms with van der Waals surface area (Å²) in [5.74, 6) is 0.679. The topological polar surface area (TPSA) is 49.4 Å². The maximum absolute atomic E-state index is 13.8. The zero-order chi connectivity index (χ0) is 27.5. The minimum absolute atomic E-state index is 0.0358. The molecule has 1 N–H and O–H groups in total. The molecule has 0 saturated heterocycles. The molecule has 3 aromatic rings. The van der Waals surface area contributed by atoms with E-state index < -0.39 is 6.04 Å². The lowest BCUT2D eigenvalue weighted by atomic mass is 9.94. The van der Waals surface area contributed by atoms with E-state index in [4.69, 9.17) is 23.2 Å². The largest absolute Gasteiger partial charge is 0.352 e. The van der Waals surface area contributed by atoms with Gasteiger partial charge in [-0.3, -0.25) is 9.59 Å². The van der Waals surface area contributed by atoms with Crippen LogP contribution in [0.15, 0.2) is 83.8 Å². The van der Waals surface area contributed by atoms with Gasteiger partial charge in [0, 0.05) is 40.4 Å². The summed E-state index contributed by atoms with van der Waals surface area (Å²) < 4.78 is 0. The SMILES string of the molecule is O=C(NC1CCCCC1)[C@@H](Cc1ccccc1)N(Cc1ccccc1Cl)C(=O)CCCSc1ccc(Cl)cc1. The van der Waals surface area contributed by atoms with Gasteiger partial charge in [0.15, 0.2) is 0 Å². The summed E-state index contributed by atoms with van der Waals surface area (Å²) in [7, 11) is 0. The van der Waals surface area contributed by atoms with E-state index in [0.717, 1.165) is 47.5 Å². The molecule has 39 heavy (non-hydrogen) atoms. The minimum atomic E-state index is -0.623. The highest BCUT2D eigenvalue weighted by Gasteiger charge is 2.32. The Kier molecular flexibility index (Phi) is 11.6. The van der Waals surface area contributed by atoms with Crippen molar-refractivity contribution in [2.75, 3.05) is 5.75 Å². The van der Waals surface area contributed by atoms with Crippen molar-refractivity contribution in [3.63, 3.8) is 0 Å². The highest BCUT2D eigenvalue weighted by Crippen LogP contribution is 2.25. The van der Waals surface area contributed by atoms with Crippen LogP contribution in [0.5, 0.6) is 0 Å². The number of benzene rings is 3. The molecule has 0 aliphatic heterocycles. The number of halogens is 2. The fraction of sp³-hybridized carbons (Fsp3) is 0.375. The molecule has 1 saturated carbocycles. The maximum Gasteiger partial charge on any atom is 0.243 e. The molecule has 1 aliphatic carbocycles. The third-order valence-corrected chi connectivity index (χ3v) is 8.86. The van der Waals surface area contributed by atoms with E-state index in [1.807, 2.05) is 78.9 Å². The summed E-state index contributed by atoms with van der Waals surface area (Å²) in [6.07, 6.45) is 6.96. The highest BCUT2D eigenvalue weighted by molar-refractivity contribution is 7.99. The van der Waals surface area contributed by atoms with E-state index in [1.54, 1.807) is 16.7 Å². The summed E-state index contributed by atoms with van der Waals surface area (Å²) in [6.45, 7) is 0.290. The second kappa shape index (κ2) is 15.4. The Morgan fingerprint density at radius 1 is 0.897 bits per heavy atom. The van der Waals surface area contributed by atoms with Crippen molar-refractivity contribution in [1.29, 1.82) is 0 Å². The van der Waals surface area contributed by atoms with Crippen LogP contribution in [0.4, 0.5) is 0 Å². The summed E-state index contributed by atoms with van der Waals surface area (Å²) >= 11 is 14.2. The van der Waals surface area contributed by atoms with Crippen LogP contribution in [0.3, 0.4) is 0 Å². The molecule has 0 heterocycles. The molecule has 2 amide bonds. The van der Waals surface area contributed by atoms with Crippen LogP contribution in [0, 0.1) is 0 Å². The first-order chi connectivity index (χ1) is 19.0. The van der Waals surface area contributed by atoms with Gasteiger partial charge in [-0.2, -0.15) is 0 Å². The zero-order valence-electron chi connectivity index (χ0n) is 22.2. The highest BCUT2D eigenvalue weighted by atomic mass is 35.5. The van der Waals surface area contributed by atoms with Crippen LogP contribution in [-0.4, -0.2) is 34.6 Å². The molecule has 1 fully saturated rings. The molecular weight excluding hydrogens is 547 g/mol. The molecule has 1 atom stereocenters. The molecule has 3 aromatic carbocycles. The van der Waals surface area contributed by atoms with Crippen LogP contribution >= 0.6 is 35.0 Å². The van der Waals surface area contributed by atoms with Gasteiger partial charge in [0.05, 0.1) is 0 Å². The first-order valence-corrected chi connectivity index (χ1v) is 15.5. The number of amides is 2. The third-order valence-electron chi connectivity index (χ3n) is 7.14. The fourth-order valence-electron chi connectivity index (χ4n) is 5.00. The van der Waals surface area contributed by atoms with Crippen LogP contribution < -0.4 is 5.32 Å². The average molecular weight is 584 g/mol. The van der Waals surface area contributed by atoms with Gasteiger partial charge in [-0.1, -0.05) is 91.0 Å². The van der Waals surface area contributed by atoms with Gasteiger partial charge in [-0.15, -0.1) is 11.8 Å². The monoisotopic (exact) mass is 582 g/mol. The Bertz CT molecular complexity index is 1200. The number of rotatable bonds is 12. The molecule has 4 rings (SSSR count). The van der Waals surface area contributed by atoms with Crippen molar-refractivity contribution in [3.05, 3.63) is 100 Å². The van der Waals surface area contributed by atoms with Crippen molar-refractivity contribution in [2.45, 2.75) is 74.9 Å². The van der Waals surface area contributed by atoms with Crippen LogP contribution in [0.2, 0.25) is 10.0 Å². The van der Waals surface area contributed by atoms with Gasteiger partial charge < -0.3 is 10.2 Å². The van der Waals surface area contributed by atoms with Gasteiger partial charge in [0.1, 0.15) is 6.04 Å². The molecule has 4 nitrogen and oxygen atoms in total. The van der Waals surface area contributed by atoms with E-state index in [1.165, 1.54) is 6.42 Å². The van der Waals surface area contributed by atoms with Gasteiger partial charge in [-0.05, 0) is 66.5 Å². The van der Waals surface area contributed by atoms with Crippen molar-refractivity contribution < 1.29 is 9.59 Å². The smallest absolute Gasteiger partial charge is 0.243 e. The first-order valence-electron chi connectivity index (χ1n) is 13.7. The predicted molar refractivity (Wildman–Crippen MR) is 162 cm³/mol. The second-order valence-electron chi connectivity index (χ2n) is 10.1. The number of thioether (sulfide) groups is 1. The quantitative estimate of drug-likeness (QED) is 0.174. The van der Waals surface area contributed by atoms with E-state index in [-0.39, 0.29) is 17.9 Å². The average Bonchev–Trinajstić information content (AvgIpc) is 2.96. The van der Waals surface area contributed by atoms with E-state index >= 15 is 0 Å². The summed E-state index contributed by atoms with van der Waals surface area (Å²) in [6, 6.07) is 24.8. The number of nitrogens with one attached hydrogen (secondary N) is 1. The second-order valence-corrected chi connectivity index (χ2v) is 12.1. The minimum Gasteiger partial charge on any atom is -0.352 e. The molecule has 0 radical (unpaired) electrons. The number of carbonyl (C=O) groups is 2. The summed E-state index contributed by atoms with van der Waals surface area (Å²) in [5, 5.41) is 4.59. The number of nitrogens with zero attached hydrogens (tertiary/aromatic N) is 1. The Morgan fingerprint density at radius 2 is 1.59 bits per heavy atom. The van der Waals surface area contributed by atoms with E-state index in [2.05, 4.69) is 5.32 Å². The van der Waals surface area contributed by atoms with E-state index in [9.17, 15) is 9.59 Å². The molecule has 0 bridgehead atoms. The molecule has 0 spiro atoms. The standard InChI is InChI=1S/C32H36Cl2N2O2S/c33-26-17-19-28(20-18-26)39-21-9-16-31(37)36(23-25-12-7-8-15-29(25)34)30(22-24-10-3-1-4-11-24)32(38)35-27-13-5-2-6-14-27/h1,3-4,7-8,10-12,15,17-20,27,30H,2,5-6,9,13-14,16,21-23H2,(H,35,38)/t30-/m1/s1. The molecular formula is C32H36Cl2N2O2S. The van der Waals surface area contributed by atoms with Crippen molar-refractivity contribution >= 4 is 46.8 Å². The molecule has 0 unspecified atom stereocenters. The normalized spacial score (nSPS) is 14.5. The Balaban J connectivity index is 1.52. The maximum atomic E-state index is 13.8. The van der Waals surface area contributed by atoms with Gasteiger partial charge in [0.2, 0.25) is 11.8 Å². The zero-order valence-corrected chi connectivity index (χ0v) is 24.5. The van der Waals surface area contributed by atoms with Gasteiger partial charge >= 0.3 is 0 Å². The predicted octanol–water partition coefficient (Wildman–Crippen LogP) is 7.95. The first kappa shape index (κ1) is 29.5. The third kappa shape index (κ3) is 9.30. The Labute approximate surface area is 246 Å². The molecule has 1 aliphatic rings. The molecule has 0 aromatic heterocycles. The Hall–Kier alpha value is -2.47. The van der Waals surface area contributed by atoms with Crippen molar-refractivity contribution in [2.24, 2.45) is 0 Å². The van der Waals surface area contributed by atoms with Gasteiger partial charge in [0.25, 0.3) is 0 Å². The lowest BCUT2D eigenvalue weighted by Gasteiger charge is -2.33. The molecule has 7 heteroatoms. The number of hydrogen-bond acceptors (Lipinski definition) is 3. The summed E-state index contributed by atoms with van der Waals surface area (Å²) in [5.41, 5.74) is 1.86. The van der Waals surface area contributed by atoms with Crippen LogP contribution in [-0.2, 0) is 22.6 Å². The van der Waals surface area contributed by atoms with Gasteiger partial charge in [-0.25, -0.2) is 0 Å². The summed E-state index contributed by atoms with van der Waals surface area (Å²) in [4.78, 5) is 30.5.